The molecule has 14 heavy (non-hydrogen) atoms. The molecule has 1 aromatic rings. The van der Waals surface area contributed by atoms with Gasteiger partial charge < -0.3 is 4.74 Å². The van der Waals surface area contributed by atoms with Crippen molar-refractivity contribution in [1.29, 1.82) is 0 Å². The summed E-state index contributed by atoms with van der Waals surface area (Å²) in [5, 5.41) is 0. The molecule has 0 amide bonds. The van der Waals surface area contributed by atoms with E-state index in [0.29, 0.717) is 5.75 Å². The van der Waals surface area contributed by atoms with Crippen LogP contribution >= 0.6 is 15.9 Å². The summed E-state index contributed by atoms with van der Waals surface area (Å²) in [5.74, 6) is -2.46. The molecule has 0 aromatic heterocycles. The molecule has 4 heteroatoms. The smallest absolute Gasteiger partial charge is 0.255 e. The zero-order valence-corrected chi connectivity index (χ0v) is 8.93. The first-order valence-electron chi connectivity index (χ1n) is 4.34. The van der Waals surface area contributed by atoms with Gasteiger partial charge in [0.2, 0.25) is 0 Å². The van der Waals surface area contributed by atoms with E-state index in [1.807, 2.05) is 12.1 Å². The lowest BCUT2D eigenvalue weighted by Gasteiger charge is -2.05. The molecule has 1 atom stereocenters. The minimum Gasteiger partial charge on any atom is -0.493 e. The third kappa shape index (κ3) is 2.23. The van der Waals surface area contributed by atoms with Gasteiger partial charge in [-0.25, -0.2) is 8.78 Å². The van der Waals surface area contributed by atoms with E-state index in [4.69, 9.17) is 4.74 Å². The van der Waals surface area contributed by atoms with Crippen LogP contribution in [-0.2, 0) is 0 Å². The second-order valence-corrected chi connectivity index (χ2v) is 4.35. The summed E-state index contributed by atoms with van der Waals surface area (Å²) in [6.07, 6.45) is -0.0407. The Bertz CT molecular complexity index is 341. The highest BCUT2D eigenvalue weighted by Gasteiger charge is 2.57. The highest BCUT2D eigenvalue weighted by molar-refractivity contribution is 9.10. The van der Waals surface area contributed by atoms with E-state index >= 15 is 0 Å². The van der Waals surface area contributed by atoms with Gasteiger partial charge in [-0.05, 0) is 18.2 Å². The molecule has 1 aliphatic carbocycles. The number of alkyl halides is 2. The summed E-state index contributed by atoms with van der Waals surface area (Å²) in [6.45, 7) is 0.101. The Morgan fingerprint density at radius 1 is 1.50 bits per heavy atom. The largest absolute Gasteiger partial charge is 0.493 e. The minimum absolute atomic E-state index is 0.0407. The lowest BCUT2D eigenvalue weighted by Crippen LogP contribution is -2.05. The van der Waals surface area contributed by atoms with Crippen LogP contribution in [0, 0.1) is 5.92 Å². The summed E-state index contributed by atoms with van der Waals surface area (Å²) in [7, 11) is 0. The van der Waals surface area contributed by atoms with Gasteiger partial charge in [-0.15, -0.1) is 0 Å². The van der Waals surface area contributed by atoms with Gasteiger partial charge in [-0.3, -0.25) is 0 Å². The van der Waals surface area contributed by atoms with Crippen molar-refractivity contribution in [3.8, 4) is 5.75 Å². The van der Waals surface area contributed by atoms with Gasteiger partial charge in [0.1, 0.15) is 5.75 Å². The fourth-order valence-electron chi connectivity index (χ4n) is 1.20. The standard InChI is InChI=1S/C10H9BrF2O/c11-8-2-1-3-9(4-8)14-6-7-5-10(7,12)13/h1-4,7H,5-6H2/t7-/m1/s1. The van der Waals surface area contributed by atoms with Crippen molar-refractivity contribution in [2.24, 2.45) is 5.92 Å². The molecule has 76 valence electrons. The van der Waals surface area contributed by atoms with Crippen LogP contribution < -0.4 is 4.74 Å². The van der Waals surface area contributed by atoms with E-state index in [-0.39, 0.29) is 13.0 Å². The van der Waals surface area contributed by atoms with Crippen molar-refractivity contribution in [3.05, 3.63) is 28.7 Å². The first-order chi connectivity index (χ1) is 6.58. The summed E-state index contributed by atoms with van der Waals surface area (Å²) in [6, 6.07) is 7.19. The maximum Gasteiger partial charge on any atom is 0.255 e. The molecule has 1 saturated carbocycles. The predicted molar refractivity (Wildman–Crippen MR) is 52.7 cm³/mol. The van der Waals surface area contributed by atoms with E-state index < -0.39 is 11.8 Å². The molecular formula is C10H9BrF2O. The van der Waals surface area contributed by atoms with Gasteiger partial charge in [-0.1, -0.05) is 22.0 Å². The second-order valence-electron chi connectivity index (χ2n) is 3.43. The van der Waals surface area contributed by atoms with Crippen LogP contribution in [0.3, 0.4) is 0 Å². The number of halogens is 3. The Morgan fingerprint density at radius 3 is 2.79 bits per heavy atom. The van der Waals surface area contributed by atoms with Crippen molar-refractivity contribution in [2.75, 3.05) is 6.61 Å². The number of hydrogen-bond donors (Lipinski definition) is 0. The molecular weight excluding hydrogens is 254 g/mol. The number of hydrogen-bond acceptors (Lipinski definition) is 1. The topological polar surface area (TPSA) is 9.23 Å². The van der Waals surface area contributed by atoms with E-state index in [1.54, 1.807) is 12.1 Å². The molecule has 0 radical (unpaired) electrons. The number of rotatable bonds is 3. The van der Waals surface area contributed by atoms with Crippen LogP contribution in [-0.4, -0.2) is 12.5 Å². The predicted octanol–water partition coefficient (Wildman–Crippen LogP) is 3.48. The van der Waals surface area contributed by atoms with Gasteiger partial charge in [0.15, 0.2) is 0 Å². The third-order valence-electron chi connectivity index (χ3n) is 2.20. The van der Waals surface area contributed by atoms with Gasteiger partial charge in [0, 0.05) is 10.9 Å². The summed E-state index contributed by atoms with van der Waals surface area (Å²) in [5.41, 5.74) is 0. The molecule has 0 spiro atoms. The summed E-state index contributed by atoms with van der Waals surface area (Å²) < 4.78 is 31.1. The van der Waals surface area contributed by atoms with Crippen LogP contribution in [0.2, 0.25) is 0 Å². The van der Waals surface area contributed by atoms with Crippen molar-refractivity contribution in [3.63, 3.8) is 0 Å². The van der Waals surface area contributed by atoms with E-state index in [9.17, 15) is 8.78 Å². The molecule has 0 unspecified atom stereocenters. The molecule has 0 saturated heterocycles. The number of benzene rings is 1. The first-order valence-corrected chi connectivity index (χ1v) is 5.13. The molecule has 1 nitrogen and oxygen atoms in total. The van der Waals surface area contributed by atoms with Crippen LogP contribution in [0.4, 0.5) is 8.78 Å². The third-order valence-corrected chi connectivity index (χ3v) is 2.70. The molecule has 1 fully saturated rings. The Hall–Kier alpha value is -0.640. The lowest BCUT2D eigenvalue weighted by atomic mass is 10.3. The van der Waals surface area contributed by atoms with Gasteiger partial charge in [0.25, 0.3) is 5.92 Å². The Labute approximate surface area is 89.2 Å². The average Bonchev–Trinajstić information content (AvgIpc) is 2.71. The van der Waals surface area contributed by atoms with Crippen LogP contribution in [0.25, 0.3) is 0 Å². The fraction of sp³-hybridized carbons (Fsp3) is 0.400. The Morgan fingerprint density at radius 2 is 2.21 bits per heavy atom. The monoisotopic (exact) mass is 262 g/mol. The summed E-state index contributed by atoms with van der Waals surface area (Å²) in [4.78, 5) is 0. The minimum atomic E-state index is -2.49. The van der Waals surface area contributed by atoms with Gasteiger partial charge >= 0.3 is 0 Å². The van der Waals surface area contributed by atoms with E-state index in [0.717, 1.165) is 4.47 Å². The van der Waals surface area contributed by atoms with Gasteiger partial charge in [-0.2, -0.15) is 0 Å². The van der Waals surface area contributed by atoms with Crippen molar-refractivity contribution >= 4 is 15.9 Å². The van der Waals surface area contributed by atoms with E-state index in [2.05, 4.69) is 15.9 Å². The molecule has 0 N–H and O–H groups in total. The molecule has 1 aromatic carbocycles. The van der Waals surface area contributed by atoms with Crippen LogP contribution in [0.15, 0.2) is 28.7 Å². The summed E-state index contributed by atoms with van der Waals surface area (Å²) >= 11 is 3.28. The second kappa shape index (κ2) is 3.50. The highest BCUT2D eigenvalue weighted by Crippen LogP contribution is 2.48. The normalized spacial score (nSPS) is 23.2. The SMILES string of the molecule is FC1(F)C[C@@H]1COc1cccc(Br)c1. The van der Waals surface area contributed by atoms with Crippen molar-refractivity contribution in [1.82, 2.24) is 0 Å². The quantitative estimate of drug-likeness (QED) is 0.811. The van der Waals surface area contributed by atoms with Crippen molar-refractivity contribution < 1.29 is 13.5 Å². The lowest BCUT2D eigenvalue weighted by molar-refractivity contribution is 0.0856. The Balaban J connectivity index is 1.87. The van der Waals surface area contributed by atoms with Crippen molar-refractivity contribution in [2.45, 2.75) is 12.3 Å². The average molecular weight is 263 g/mol. The molecule has 0 aliphatic heterocycles. The maximum atomic E-state index is 12.5. The first kappa shape index (κ1) is 9.90. The van der Waals surface area contributed by atoms with Gasteiger partial charge in [0.05, 0.1) is 12.5 Å². The number of ether oxygens (including phenoxy) is 1. The zero-order valence-electron chi connectivity index (χ0n) is 7.34. The highest BCUT2D eigenvalue weighted by atomic mass is 79.9. The van der Waals surface area contributed by atoms with Crippen LogP contribution in [0.5, 0.6) is 5.75 Å². The van der Waals surface area contributed by atoms with Crippen LogP contribution in [0.1, 0.15) is 6.42 Å². The molecule has 0 bridgehead atoms. The van der Waals surface area contributed by atoms with E-state index in [1.165, 1.54) is 0 Å². The molecule has 0 heterocycles. The zero-order chi connectivity index (χ0) is 10.2. The maximum absolute atomic E-state index is 12.5. The Kier molecular flexibility index (Phi) is 2.47. The fourth-order valence-corrected chi connectivity index (χ4v) is 1.58. The molecule has 2 rings (SSSR count). The molecule has 1 aliphatic rings.